The van der Waals surface area contributed by atoms with Crippen LogP contribution in [0.3, 0.4) is 0 Å². The molecule has 2 heterocycles. The Balaban J connectivity index is 1.47. The third-order valence-electron chi connectivity index (χ3n) is 5.50. The van der Waals surface area contributed by atoms with Gasteiger partial charge in [0.2, 0.25) is 0 Å². The predicted octanol–water partition coefficient (Wildman–Crippen LogP) is 2.92. The van der Waals surface area contributed by atoms with E-state index in [2.05, 4.69) is 41.0 Å². The molecule has 0 bridgehead atoms. The van der Waals surface area contributed by atoms with Crippen molar-refractivity contribution in [2.24, 2.45) is 0 Å². The molecule has 1 saturated heterocycles. The predicted molar refractivity (Wildman–Crippen MR) is 108 cm³/mol. The van der Waals surface area contributed by atoms with Crippen LogP contribution in [0.2, 0.25) is 0 Å². The van der Waals surface area contributed by atoms with E-state index >= 15 is 0 Å². The molecule has 2 aromatic carbocycles. The molecule has 1 amide bonds. The van der Waals surface area contributed by atoms with Crippen molar-refractivity contribution in [2.45, 2.75) is 20.8 Å². The van der Waals surface area contributed by atoms with Crippen molar-refractivity contribution < 1.29 is 9.59 Å². The maximum absolute atomic E-state index is 12.6. The molecule has 0 radical (unpaired) electrons. The molecule has 4 rings (SSSR count). The van der Waals surface area contributed by atoms with Gasteiger partial charge in [-0.1, -0.05) is 18.2 Å². The largest absolute Gasteiger partial charge is 0.369 e. The van der Waals surface area contributed by atoms with Crippen LogP contribution in [0.4, 0.5) is 11.4 Å². The number of carbonyl (C=O) groups excluding carboxylic acids is 2. The van der Waals surface area contributed by atoms with Crippen molar-refractivity contribution >= 4 is 23.1 Å². The zero-order chi connectivity index (χ0) is 19.1. The Bertz CT molecular complexity index is 914. The quantitative estimate of drug-likeness (QED) is 0.787. The number of ketones is 1. The molecule has 2 aliphatic rings. The summed E-state index contributed by atoms with van der Waals surface area (Å²) in [7, 11) is 0. The van der Waals surface area contributed by atoms with E-state index in [4.69, 9.17) is 0 Å². The van der Waals surface area contributed by atoms with Gasteiger partial charge in [-0.25, -0.2) is 0 Å². The third kappa shape index (κ3) is 3.23. The van der Waals surface area contributed by atoms with Gasteiger partial charge in [0.15, 0.2) is 0 Å². The fourth-order valence-corrected chi connectivity index (χ4v) is 4.10. The standard InChI is InChI=1S/C22H25N3O2/c1-15-5-4-6-18(12-15)24-9-7-23(8-10-24)14-25-19-13-16(2)11-17(3)20(19)21(26)22(25)27/h4-6,11-13H,7-10,14H2,1-3H3. The summed E-state index contributed by atoms with van der Waals surface area (Å²) in [5.41, 5.74) is 5.81. The van der Waals surface area contributed by atoms with Gasteiger partial charge in [0.05, 0.1) is 17.9 Å². The highest BCUT2D eigenvalue weighted by molar-refractivity contribution is 6.52. The van der Waals surface area contributed by atoms with Crippen LogP contribution in [-0.4, -0.2) is 49.4 Å². The summed E-state index contributed by atoms with van der Waals surface area (Å²) >= 11 is 0. The van der Waals surface area contributed by atoms with E-state index in [0.29, 0.717) is 12.2 Å². The average Bonchev–Trinajstić information content (AvgIpc) is 2.87. The lowest BCUT2D eigenvalue weighted by molar-refractivity contribution is -0.114. The number of carbonyl (C=O) groups is 2. The van der Waals surface area contributed by atoms with E-state index in [9.17, 15) is 9.59 Å². The molecule has 2 aliphatic heterocycles. The molecule has 27 heavy (non-hydrogen) atoms. The van der Waals surface area contributed by atoms with Crippen LogP contribution < -0.4 is 9.80 Å². The average molecular weight is 363 g/mol. The Morgan fingerprint density at radius 1 is 0.889 bits per heavy atom. The van der Waals surface area contributed by atoms with E-state index in [-0.39, 0.29) is 5.78 Å². The van der Waals surface area contributed by atoms with Crippen LogP contribution >= 0.6 is 0 Å². The van der Waals surface area contributed by atoms with Gasteiger partial charge >= 0.3 is 5.91 Å². The number of amides is 1. The van der Waals surface area contributed by atoms with Crippen LogP contribution in [0.15, 0.2) is 36.4 Å². The molecular weight excluding hydrogens is 338 g/mol. The minimum absolute atomic E-state index is 0.374. The van der Waals surface area contributed by atoms with E-state index in [0.717, 1.165) is 43.0 Å². The molecule has 0 unspecified atom stereocenters. The van der Waals surface area contributed by atoms with E-state index in [1.54, 1.807) is 4.90 Å². The first-order chi connectivity index (χ1) is 12.9. The first-order valence-electron chi connectivity index (χ1n) is 9.45. The van der Waals surface area contributed by atoms with Crippen molar-refractivity contribution in [1.82, 2.24) is 4.90 Å². The molecular formula is C22H25N3O2. The molecule has 1 fully saturated rings. The lowest BCUT2D eigenvalue weighted by Gasteiger charge is -2.37. The SMILES string of the molecule is Cc1cccc(N2CCN(CN3C(=O)C(=O)c4c(C)cc(C)cc43)CC2)c1. The van der Waals surface area contributed by atoms with E-state index in [1.165, 1.54) is 11.3 Å². The maximum atomic E-state index is 12.6. The minimum Gasteiger partial charge on any atom is -0.369 e. The van der Waals surface area contributed by atoms with Gasteiger partial charge in [-0.2, -0.15) is 0 Å². The third-order valence-corrected chi connectivity index (χ3v) is 5.50. The van der Waals surface area contributed by atoms with Crippen molar-refractivity contribution in [1.29, 1.82) is 0 Å². The Kier molecular flexibility index (Phi) is 4.48. The Morgan fingerprint density at radius 2 is 1.63 bits per heavy atom. The number of fused-ring (bicyclic) bond motifs is 1. The topological polar surface area (TPSA) is 43.9 Å². The maximum Gasteiger partial charge on any atom is 0.300 e. The summed E-state index contributed by atoms with van der Waals surface area (Å²) in [6, 6.07) is 12.5. The molecule has 0 spiro atoms. The zero-order valence-electron chi connectivity index (χ0n) is 16.2. The number of piperazine rings is 1. The fraction of sp³-hybridized carbons (Fsp3) is 0.364. The highest BCUT2D eigenvalue weighted by Gasteiger charge is 2.38. The van der Waals surface area contributed by atoms with Crippen molar-refractivity contribution in [3.8, 4) is 0 Å². The van der Waals surface area contributed by atoms with Crippen LogP contribution in [0.5, 0.6) is 0 Å². The molecule has 0 atom stereocenters. The van der Waals surface area contributed by atoms with Gasteiger partial charge in [-0.3, -0.25) is 19.4 Å². The molecule has 0 N–H and O–H groups in total. The lowest BCUT2D eigenvalue weighted by atomic mass is 10.0. The van der Waals surface area contributed by atoms with Gasteiger partial charge in [-0.15, -0.1) is 0 Å². The van der Waals surface area contributed by atoms with Crippen LogP contribution in [0, 0.1) is 20.8 Å². The van der Waals surface area contributed by atoms with E-state index < -0.39 is 5.91 Å². The smallest absolute Gasteiger partial charge is 0.300 e. The minimum atomic E-state index is -0.403. The van der Waals surface area contributed by atoms with Crippen molar-refractivity contribution in [2.75, 3.05) is 42.6 Å². The number of Topliss-reactive ketones (excluding diaryl/α,β-unsaturated/α-hetero) is 1. The van der Waals surface area contributed by atoms with Gasteiger partial charge in [0.25, 0.3) is 5.78 Å². The van der Waals surface area contributed by atoms with E-state index in [1.807, 2.05) is 26.0 Å². The molecule has 0 aliphatic carbocycles. The first-order valence-corrected chi connectivity index (χ1v) is 9.45. The van der Waals surface area contributed by atoms with Crippen LogP contribution in [0.1, 0.15) is 27.0 Å². The number of hydrogen-bond acceptors (Lipinski definition) is 4. The van der Waals surface area contributed by atoms with Crippen LogP contribution in [0.25, 0.3) is 0 Å². The Labute approximate surface area is 160 Å². The molecule has 0 aromatic heterocycles. The van der Waals surface area contributed by atoms with Crippen molar-refractivity contribution in [3.63, 3.8) is 0 Å². The fourth-order valence-electron chi connectivity index (χ4n) is 4.10. The summed E-state index contributed by atoms with van der Waals surface area (Å²) in [4.78, 5) is 31.3. The van der Waals surface area contributed by atoms with Gasteiger partial charge in [-0.05, 0) is 55.7 Å². The number of benzene rings is 2. The Hall–Kier alpha value is -2.66. The molecule has 0 saturated carbocycles. The van der Waals surface area contributed by atoms with Gasteiger partial charge < -0.3 is 4.90 Å². The number of aryl methyl sites for hydroxylation is 3. The first kappa shape index (κ1) is 17.7. The summed E-state index contributed by atoms with van der Waals surface area (Å²) in [5, 5.41) is 0. The normalized spacial score (nSPS) is 17.6. The second-order valence-corrected chi connectivity index (χ2v) is 7.62. The zero-order valence-corrected chi connectivity index (χ0v) is 16.2. The summed E-state index contributed by atoms with van der Waals surface area (Å²) < 4.78 is 0. The van der Waals surface area contributed by atoms with Gasteiger partial charge in [0, 0.05) is 31.9 Å². The summed E-state index contributed by atoms with van der Waals surface area (Å²) in [5.74, 6) is -0.777. The molecule has 5 heteroatoms. The lowest BCUT2D eigenvalue weighted by Crippen LogP contribution is -2.51. The van der Waals surface area contributed by atoms with Crippen LogP contribution in [-0.2, 0) is 4.79 Å². The number of nitrogens with zero attached hydrogens (tertiary/aromatic N) is 3. The second-order valence-electron chi connectivity index (χ2n) is 7.62. The number of hydrogen-bond donors (Lipinski definition) is 0. The number of anilines is 2. The molecule has 140 valence electrons. The summed E-state index contributed by atoms with van der Waals surface area (Å²) in [6.07, 6.45) is 0. The second kappa shape index (κ2) is 6.82. The van der Waals surface area contributed by atoms with Gasteiger partial charge in [0.1, 0.15) is 0 Å². The Morgan fingerprint density at radius 3 is 2.33 bits per heavy atom. The molecule has 5 nitrogen and oxygen atoms in total. The summed E-state index contributed by atoms with van der Waals surface area (Å²) in [6.45, 7) is 10.1. The monoisotopic (exact) mass is 363 g/mol. The number of rotatable bonds is 3. The van der Waals surface area contributed by atoms with Crippen molar-refractivity contribution in [3.05, 3.63) is 58.7 Å². The highest BCUT2D eigenvalue weighted by Crippen LogP contribution is 2.33. The molecule has 2 aromatic rings. The highest BCUT2D eigenvalue weighted by atomic mass is 16.2.